The van der Waals surface area contributed by atoms with Crippen LogP contribution in [0.4, 0.5) is 5.82 Å². The van der Waals surface area contributed by atoms with E-state index in [1.807, 2.05) is 34.7 Å². The quantitative estimate of drug-likeness (QED) is 0.577. The van der Waals surface area contributed by atoms with Crippen LogP contribution in [0, 0.1) is 12.8 Å². The summed E-state index contributed by atoms with van der Waals surface area (Å²) >= 11 is 6.22. The molecule has 6 nitrogen and oxygen atoms in total. The number of carbonyl (C=O) groups is 1. The maximum absolute atomic E-state index is 12.9. The second-order valence-electron chi connectivity index (χ2n) is 8.98. The van der Waals surface area contributed by atoms with Crippen molar-refractivity contribution >= 4 is 23.3 Å². The van der Waals surface area contributed by atoms with Gasteiger partial charge in [-0.1, -0.05) is 32.0 Å². The average Bonchev–Trinajstić information content (AvgIpc) is 3.07. The summed E-state index contributed by atoms with van der Waals surface area (Å²) in [5, 5.41) is 4.38. The molecule has 0 radical (unpaired) electrons. The smallest absolute Gasteiger partial charge is 0.240 e. The zero-order valence-electron chi connectivity index (χ0n) is 19.5. The van der Waals surface area contributed by atoms with Crippen LogP contribution in [0.2, 0.25) is 0 Å². The van der Waals surface area contributed by atoms with Gasteiger partial charge in [-0.05, 0) is 45.4 Å². The van der Waals surface area contributed by atoms with Crippen molar-refractivity contribution in [3.8, 4) is 5.69 Å². The molecule has 170 valence electrons. The lowest BCUT2D eigenvalue weighted by Crippen LogP contribution is -2.46. The summed E-state index contributed by atoms with van der Waals surface area (Å²) in [6.07, 6.45) is 0.949. The van der Waals surface area contributed by atoms with Gasteiger partial charge in [-0.3, -0.25) is 4.79 Å². The largest absolute Gasteiger partial charge is 0.354 e. The van der Waals surface area contributed by atoms with Gasteiger partial charge in [0, 0.05) is 38.3 Å². The van der Waals surface area contributed by atoms with Crippen molar-refractivity contribution in [1.82, 2.24) is 19.6 Å². The Hall–Kier alpha value is -2.05. The summed E-state index contributed by atoms with van der Waals surface area (Å²) < 4.78 is 2.05. The normalized spacial score (nSPS) is 16.0. The number of hydrogen-bond donors (Lipinski definition) is 0. The van der Waals surface area contributed by atoms with Crippen LogP contribution in [0.25, 0.3) is 5.69 Å². The van der Waals surface area contributed by atoms with E-state index in [0.717, 1.165) is 55.4 Å². The fourth-order valence-corrected chi connectivity index (χ4v) is 4.09. The first-order chi connectivity index (χ1) is 14.8. The minimum absolute atomic E-state index is 0.0153. The van der Waals surface area contributed by atoms with Crippen LogP contribution in [0.1, 0.15) is 38.4 Å². The summed E-state index contributed by atoms with van der Waals surface area (Å²) in [4.78, 5) is 19.6. The molecule has 31 heavy (non-hydrogen) atoms. The molecule has 0 aliphatic carbocycles. The topological polar surface area (TPSA) is 44.6 Å². The van der Waals surface area contributed by atoms with E-state index in [0.29, 0.717) is 19.0 Å². The van der Waals surface area contributed by atoms with E-state index >= 15 is 0 Å². The average molecular weight is 446 g/mol. The van der Waals surface area contributed by atoms with Gasteiger partial charge in [-0.15, -0.1) is 11.6 Å². The van der Waals surface area contributed by atoms with Gasteiger partial charge >= 0.3 is 0 Å². The van der Waals surface area contributed by atoms with Crippen LogP contribution in [0.5, 0.6) is 0 Å². The Morgan fingerprint density at radius 3 is 2.35 bits per heavy atom. The van der Waals surface area contributed by atoms with E-state index in [-0.39, 0.29) is 5.91 Å². The summed E-state index contributed by atoms with van der Waals surface area (Å²) in [5.74, 6) is 1.60. The number of piperazine rings is 1. The fourth-order valence-electron chi connectivity index (χ4n) is 3.95. The third kappa shape index (κ3) is 5.80. The van der Waals surface area contributed by atoms with Crippen molar-refractivity contribution in [3.63, 3.8) is 0 Å². The molecule has 1 aromatic heterocycles. The summed E-state index contributed by atoms with van der Waals surface area (Å²) in [6.45, 7) is 13.3. The summed E-state index contributed by atoms with van der Waals surface area (Å²) in [5.41, 5.74) is 3.11. The second-order valence-corrected chi connectivity index (χ2v) is 9.64. The Balaban J connectivity index is 2.01. The molecule has 1 saturated heterocycles. The van der Waals surface area contributed by atoms with Crippen LogP contribution in [0.3, 0.4) is 0 Å². The van der Waals surface area contributed by atoms with E-state index in [1.165, 1.54) is 0 Å². The molecule has 1 aromatic carbocycles. The monoisotopic (exact) mass is 445 g/mol. The van der Waals surface area contributed by atoms with Crippen molar-refractivity contribution in [2.24, 2.45) is 5.92 Å². The number of amides is 1. The Morgan fingerprint density at radius 1 is 1.13 bits per heavy atom. The van der Waals surface area contributed by atoms with Gasteiger partial charge in [-0.25, -0.2) is 4.68 Å². The molecule has 3 rings (SSSR count). The molecule has 0 bridgehead atoms. The molecule has 0 N–H and O–H groups in total. The number of likely N-dealkylation sites (N-methyl/N-ethyl adjacent to an activating group) is 1. The lowest BCUT2D eigenvalue weighted by Gasteiger charge is -2.35. The Labute approximate surface area is 191 Å². The number of aryl methyl sites for hydroxylation is 1. The van der Waals surface area contributed by atoms with E-state index < -0.39 is 5.38 Å². The molecule has 2 heterocycles. The van der Waals surface area contributed by atoms with Crippen LogP contribution < -0.4 is 4.90 Å². The number of aromatic nitrogens is 2. The number of benzene rings is 1. The molecule has 0 saturated carbocycles. The molecule has 2 aromatic rings. The summed E-state index contributed by atoms with van der Waals surface area (Å²) in [7, 11) is 2.16. The minimum Gasteiger partial charge on any atom is -0.354 e. The third-order valence-corrected chi connectivity index (χ3v) is 6.12. The van der Waals surface area contributed by atoms with E-state index in [4.69, 9.17) is 16.7 Å². The number of carbonyl (C=O) groups excluding carboxylic acids is 1. The zero-order chi connectivity index (χ0) is 22.5. The van der Waals surface area contributed by atoms with E-state index in [9.17, 15) is 4.79 Å². The van der Waals surface area contributed by atoms with Gasteiger partial charge in [0.15, 0.2) is 0 Å². The van der Waals surface area contributed by atoms with E-state index in [2.05, 4.69) is 42.8 Å². The van der Waals surface area contributed by atoms with Crippen LogP contribution in [-0.4, -0.2) is 70.6 Å². The van der Waals surface area contributed by atoms with Gasteiger partial charge < -0.3 is 14.7 Å². The molecule has 1 atom stereocenters. The third-order valence-electron chi connectivity index (χ3n) is 5.94. The lowest BCUT2D eigenvalue weighted by molar-refractivity contribution is -0.131. The number of rotatable bonds is 8. The van der Waals surface area contributed by atoms with Crippen LogP contribution >= 0.6 is 11.6 Å². The highest BCUT2D eigenvalue weighted by molar-refractivity contribution is 6.30. The van der Waals surface area contributed by atoms with Crippen molar-refractivity contribution < 1.29 is 4.79 Å². The molecule has 1 aliphatic heterocycles. The van der Waals surface area contributed by atoms with Gasteiger partial charge in [-0.2, -0.15) is 5.10 Å². The highest BCUT2D eigenvalue weighted by Gasteiger charge is 2.28. The molecular formula is C24H36ClN5O. The standard InChI is InChI=1S/C24H36ClN5O/c1-18(2)11-12-29(24(31)19(3)25)17-22-20(4)26-30(21-9-7-6-8-10-21)23(22)28-15-13-27(5)14-16-28/h6-10,18-19H,11-17H2,1-5H3/t19-/m1/s1. The van der Waals surface area contributed by atoms with Crippen molar-refractivity contribution in [2.45, 2.75) is 46.0 Å². The van der Waals surface area contributed by atoms with Crippen LogP contribution in [0.15, 0.2) is 30.3 Å². The number of para-hydroxylation sites is 1. The lowest BCUT2D eigenvalue weighted by atomic mass is 10.1. The van der Waals surface area contributed by atoms with Gasteiger partial charge in [0.05, 0.1) is 17.9 Å². The summed E-state index contributed by atoms with van der Waals surface area (Å²) in [6, 6.07) is 10.3. The Bertz CT molecular complexity index is 856. The molecule has 7 heteroatoms. The molecule has 0 spiro atoms. The molecular weight excluding hydrogens is 410 g/mol. The molecule has 1 amide bonds. The first kappa shape index (κ1) is 23.6. The molecule has 1 fully saturated rings. The number of hydrogen-bond acceptors (Lipinski definition) is 4. The fraction of sp³-hybridized carbons (Fsp3) is 0.583. The van der Waals surface area contributed by atoms with Gasteiger partial charge in [0.1, 0.15) is 11.2 Å². The number of halogens is 1. The first-order valence-corrected chi connectivity index (χ1v) is 11.7. The predicted octanol–water partition coefficient (Wildman–Crippen LogP) is 3.93. The van der Waals surface area contributed by atoms with Crippen molar-refractivity contribution in [2.75, 3.05) is 44.7 Å². The molecule has 0 unspecified atom stereocenters. The highest BCUT2D eigenvalue weighted by Crippen LogP contribution is 2.30. The Morgan fingerprint density at radius 2 is 1.77 bits per heavy atom. The maximum atomic E-state index is 12.9. The van der Waals surface area contributed by atoms with E-state index in [1.54, 1.807) is 6.92 Å². The first-order valence-electron chi connectivity index (χ1n) is 11.3. The number of anilines is 1. The van der Waals surface area contributed by atoms with Crippen LogP contribution in [-0.2, 0) is 11.3 Å². The highest BCUT2D eigenvalue weighted by atomic mass is 35.5. The second kappa shape index (κ2) is 10.5. The Kier molecular flexibility index (Phi) is 8.00. The SMILES string of the molecule is Cc1nn(-c2ccccc2)c(N2CCN(C)CC2)c1CN(CCC(C)C)C(=O)[C@@H](C)Cl. The minimum atomic E-state index is -0.538. The predicted molar refractivity (Wildman–Crippen MR) is 128 cm³/mol. The number of alkyl halides is 1. The maximum Gasteiger partial charge on any atom is 0.240 e. The zero-order valence-corrected chi connectivity index (χ0v) is 20.3. The number of nitrogens with zero attached hydrogens (tertiary/aromatic N) is 5. The van der Waals surface area contributed by atoms with Crippen molar-refractivity contribution in [3.05, 3.63) is 41.6 Å². The molecule has 1 aliphatic rings. The van der Waals surface area contributed by atoms with Crippen molar-refractivity contribution in [1.29, 1.82) is 0 Å². The van der Waals surface area contributed by atoms with Gasteiger partial charge in [0.2, 0.25) is 5.91 Å². The van der Waals surface area contributed by atoms with Gasteiger partial charge in [0.25, 0.3) is 0 Å².